The SMILES string of the molecule is CC1CN(c2ncc(Br)cc2C(F)(F)F)CCC1Br. The second kappa shape index (κ2) is 5.60. The molecule has 1 aromatic heterocycles. The maximum Gasteiger partial charge on any atom is 0.419 e. The zero-order chi connectivity index (χ0) is 14.2. The van der Waals surface area contributed by atoms with Crippen molar-refractivity contribution in [3.63, 3.8) is 0 Å². The molecule has 7 heteroatoms. The molecule has 0 saturated carbocycles. The zero-order valence-electron chi connectivity index (χ0n) is 10.2. The van der Waals surface area contributed by atoms with Crippen LogP contribution in [0, 0.1) is 5.92 Å². The fourth-order valence-electron chi connectivity index (χ4n) is 2.20. The van der Waals surface area contributed by atoms with Crippen LogP contribution in [0.3, 0.4) is 0 Å². The standard InChI is InChI=1S/C12H13Br2F3N2/c1-7-6-19(3-2-10(7)14)11-9(12(15,16)17)4-8(13)5-18-11/h4-5,7,10H,2-3,6H2,1H3. The Bertz CT molecular complexity index is 465. The Hall–Kier alpha value is -0.300. The summed E-state index contributed by atoms with van der Waals surface area (Å²) in [6.45, 7) is 3.18. The summed E-state index contributed by atoms with van der Waals surface area (Å²) in [6.07, 6.45) is -2.16. The number of hydrogen-bond acceptors (Lipinski definition) is 2. The van der Waals surface area contributed by atoms with Gasteiger partial charge in [0.2, 0.25) is 0 Å². The molecular formula is C12H13Br2F3N2. The van der Waals surface area contributed by atoms with Crippen LogP contribution in [0.4, 0.5) is 19.0 Å². The van der Waals surface area contributed by atoms with Gasteiger partial charge >= 0.3 is 6.18 Å². The predicted octanol–water partition coefficient (Wildman–Crippen LogP) is 4.47. The Labute approximate surface area is 126 Å². The second-order valence-corrected chi connectivity index (χ2v) is 6.84. The Balaban J connectivity index is 2.34. The van der Waals surface area contributed by atoms with E-state index in [0.717, 1.165) is 12.5 Å². The van der Waals surface area contributed by atoms with E-state index in [4.69, 9.17) is 0 Å². The summed E-state index contributed by atoms with van der Waals surface area (Å²) in [6, 6.07) is 1.09. The Morgan fingerprint density at radius 2 is 2.11 bits per heavy atom. The lowest BCUT2D eigenvalue weighted by atomic mass is 9.99. The predicted molar refractivity (Wildman–Crippen MR) is 75.6 cm³/mol. The van der Waals surface area contributed by atoms with Gasteiger partial charge in [-0.05, 0) is 34.3 Å². The van der Waals surface area contributed by atoms with Crippen LogP contribution in [0.15, 0.2) is 16.7 Å². The van der Waals surface area contributed by atoms with E-state index >= 15 is 0 Å². The van der Waals surface area contributed by atoms with Crippen LogP contribution in [0.25, 0.3) is 0 Å². The maximum absolute atomic E-state index is 13.1. The van der Waals surface area contributed by atoms with Gasteiger partial charge in [-0.15, -0.1) is 0 Å². The van der Waals surface area contributed by atoms with Crippen molar-refractivity contribution in [1.29, 1.82) is 0 Å². The monoisotopic (exact) mass is 400 g/mol. The molecule has 2 heterocycles. The molecule has 0 bridgehead atoms. The lowest BCUT2D eigenvalue weighted by Crippen LogP contribution is -2.41. The average Bonchev–Trinajstić information content (AvgIpc) is 2.32. The molecule has 0 radical (unpaired) electrons. The topological polar surface area (TPSA) is 16.1 Å². The van der Waals surface area contributed by atoms with Crippen molar-refractivity contribution in [2.24, 2.45) is 5.92 Å². The first kappa shape index (κ1) is 15.1. The van der Waals surface area contributed by atoms with Gasteiger partial charge in [-0.1, -0.05) is 22.9 Å². The van der Waals surface area contributed by atoms with Crippen LogP contribution in [-0.2, 0) is 6.18 Å². The zero-order valence-corrected chi connectivity index (χ0v) is 13.4. The van der Waals surface area contributed by atoms with Crippen molar-refractivity contribution < 1.29 is 13.2 Å². The van der Waals surface area contributed by atoms with E-state index in [1.807, 2.05) is 6.92 Å². The quantitative estimate of drug-likeness (QED) is 0.645. The number of rotatable bonds is 1. The summed E-state index contributed by atoms with van der Waals surface area (Å²) < 4.78 is 39.5. The summed E-state index contributed by atoms with van der Waals surface area (Å²) in [5.41, 5.74) is -0.679. The van der Waals surface area contributed by atoms with Gasteiger partial charge in [-0.3, -0.25) is 0 Å². The van der Waals surface area contributed by atoms with Crippen molar-refractivity contribution in [1.82, 2.24) is 4.98 Å². The van der Waals surface area contributed by atoms with Crippen molar-refractivity contribution in [2.45, 2.75) is 24.3 Å². The van der Waals surface area contributed by atoms with E-state index in [-0.39, 0.29) is 5.82 Å². The second-order valence-electron chi connectivity index (χ2n) is 4.75. The molecule has 1 aromatic rings. The Morgan fingerprint density at radius 3 is 2.68 bits per heavy atom. The summed E-state index contributed by atoms with van der Waals surface area (Å²) in [7, 11) is 0. The molecule has 19 heavy (non-hydrogen) atoms. The fraction of sp³-hybridized carbons (Fsp3) is 0.583. The summed E-state index contributed by atoms with van der Waals surface area (Å²) in [5.74, 6) is 0.322. The molecule has 1 fully saturated rings. The molecular weight excluding hydrogens is 389 g/mol. The van der Waals surface area contributed by atoms with Crippen molar-refractivity contribution in [3.05, 3.63) is 22.3 Å². The van der Waals surface area contributed by atoms with E-state index in [1.165, 1.54) is 6.20 Å². The number of piperidine rings is 1. The van der Waals surface area contributed by atoms with E-state index in [1.54, 1.807) is 4.90 Å². The third kappa shape index (κ3) is 3.42. The van der Waals surface area contributed by atoms with Gasteiger partial charge in [-0.25, -0.2) is 4.98 Å². The molecule has 0 N–H and O–H groups in total. The fourth-order valence-corrected chi connectivity index (χ4v) is 2.91. The summed E-state index contributed by atoms with van der Waals surface area (Å²) in [4.78, 5) is 6.05. The molecule has 0 aromatic carbocycles. The summed E-state index contributed by atoms with van der Waals surface area (Å²) in [5, 5.41) is 0. The first-order valence-electron chi connectivity index (χ1n) is 5.91. The molecule has 0 aliphatic carbocycles. The molecule has 2 rings (SSSR count). The highest BCUT2D eigenvalue weighted by molar-refractivity contribution is 9.10. The lowest BCUT2D eigenvalue weighted by molar-refractivity contribution is -0.137. The van der Waals surface area contributed by atoms with Gasteiger partial charge in [0.1, 0.15) is 5.82 Å². The van der Waals surface area contributed by atoms with E-state index < -0.39 is 11.7 Å². The van der Waals surface area contributed by atoms with Crippen molar-refractivity contribution >= 4 is 37.7 Å². The first-order valence-corrected chi connectivity index (χ1v) is 7.61. The number of aromatic nitrogens is 1. The molecule has 0 amide bonds. The maximum atomic E-state index is 13.1. The largest absolute Gasteiger partial charge is 0.419 e. The minimum absolute atomic E-state index is 0.0296. The Morgan fingerprint density at radius 1 is 1.42 bits per heavy atom. The van der Waals surface area contributed by atoms with E-state index in [2.05, 4.69) is 36.8 Å². The molecule has 106 valence electrons. The minimum atomic E-state index is -4.39. The highest BCUT2D eigenvalue weighted by Crippen LogP contribution is 2.38. The average molecular weight is 402 g/mol. The first-order chi connectivity index (χ1) is 8.79. The number of pyridine rings is 1. The van der Waals surface area contributed by atoms with E-state index in [0.29, 0.717) is 28.3 Å². The van der Waals surface area contributed by atoms with Gasteiger partial charge < -0.3 is 4.90 Å². The smallest absolute Gasteiger partial charge is 0.356 e. The normalized spacial score (nSPS) is 24.6. The molecule has 2 unspecified atom stereocenters. The number of hydrogen-bond donors (Lipinski definition) is 0. The van der Waals surface area contributed by atoms with E-state index in [9.17, 15) is 13.2 Å². The third-order valence-electron chi connectivity index (χ3n) is 3.24. The van der Waals surface area contributed by atoms with Crippen LogP contribution in [0.2, 0.25) is 0 Å². The molecule has 1 aliphatic heterocycles. The number of anilines is 1. The molecule has 0 spiro atoms. The lowest BCUT2D eigenvalue weighted by Gasteiger charge is -2.36. The van der Waals surface area contributed by atoms with Gasteiger partial charge in [0.05, 0.1) is 5.56 Å². The van der Waals surface area contributed by atoms with Gasteiger partial charge in [-0.2, -0.15) is 13.2 Å². The van der Waals surface area contributed by atoms with Crippen LogP contribution in [0.5, 0.6) is 0 Å². The molecule has 1 aliphatic rings. The molecule has 2 atom stereocenters. The molecule has 2 nitrogen and oxygen atoms in total. The summed E-state index contributed by atoms with van der Waals surface area (Å²) >= 11 is 6.59. The van der Waals surface area contributed by atoms with Crippen LogP contribution in [0.1, 0.15) is 18.9 Å². The highest BCUT2D eigenvalue weighted by Gasteiger charge is 2.37. The van der Waals surface area contributed by atoms with Crippen LogP contribution >= 0.6 is 31.9 Å². The number of halogens is 5. The molecule has 1 saturated heterocycles. The third-order valence-corrected chi connectivity index (χ3v) is 5.03. The van der Waals surface area contributed by atoms with Crippen LogP contribution < -0.4 is 4.90 Å². The van der Waals surface area contributed by atoms with Gasteiger partial charge in [0.25, 0.3) is 0 Å². The van der Waals surface area contributed by atoms with Gasteiger partial charge in [0, 0.05) is 28.6 Å². The minimum Gasteiger partial charge on any atom is -0.356 e. The van der Waals surface area contributed by atoms with Gasteiger partial charge in [0.15, 0.2) is 0 Å². The Kier molecular flexibility index (Phi) is 4.45. The number of nitrogens with zero attached hydrogens (tertiary/aromatic N) is 2. The highest BCUT2D eigenvalue weighted by atomic mass is 79.9. The van der Waals surface area contributed by atoms with Crippen molar-refractivity contribution in [2.75, 3.05) is 18.0 Å². The van der Waals surface area contributed by atoms with Crippen molar-refractivity contribution in [3.8, 4) is 0 Å². The number of alkyl halides is 4. The van der Waals surface area contributed by atoms with Crippen LogP contribution in [-0.4, -0.2) is 22.9 Å².